The van der Waals surface area contributed by atoms with E-state index in [-0.39, 0.29) is 24.9 Å². The van der Waals surface area contributed by atoms with Crippen molar-refractivity contribution in [3.8, 4) is 0 Å². The zero-order valence-corrected chi connectivity index (χ0v) is 18.5. The van der Waals surface area contributed by atoms with Crippen LogP contribution in [-0.4, -0.2) is 30.4 Å². The van der Waals surface area contributed by atoms with Gasteiger partial charge in [0.05, 0.1) is 11.4 Å². The van der Waals surface area contributed by atoms with E-state index in [2.05, 4.69) is 16.0 Å². The van der Waals surface area contributed by atoms with Gasteiger partial charge >= 0.3 is 6.03 Å². The van der Waals surface area contributed by atoms with Gasteiger partial charge in [-0.05, 0) is 29.3 Å². The van der Waals surface area contributed by atoms with E-state index >= 15 is 0 Å². The van der Waals surface area contributed by atoms with Gasteiger partial charge in [0.25, 0.3) is 0 Å². The topological polar surface area (TPSA) is 90.5 Å². The first-order valence-electron chi connectivity index (χ1n) is 10.5. The molecule has 0 aliphatic carbocycles. The number of rotatable bonds is 6. The Kier molecular flexibility index (Phi) is 6.90. The standard InChI is InChI=1S/C25H23ClN4O3/c26-19-11-5-4-10-18(19)15-27-24(32)21(14-17-8-2-1-3-9-17)29-25(33)30-16-23(31)28-20-12-6-7-13-22(20)30/h1-13,21H,14-16H2,(H,27,32)(H,28,31)(H,29,33)/t21-/m1/s1. The molecule has 0 fully saturated rings. The molecule has 0 radical (unpaired) electrons. The quantitative estimate of drug-likeness (QED) is 0.521. The first kappa shape index (κ1) is 22.4. The van der Waals surface area contributed by atoms with Crippen molar-refractivity contribution in [2.75, 3.05) is 16.8 Å². The number of halogens is 1. The molecule has 0 spiro atoms. The molecule has 4 amide bonds. The van der Waals surface area contributed by atoms with Crippen LogP contribution in [0, 0.1) is 0 Å². The molecule has 33 heavy (non-hydrogen) atoms. The predicted molar refractivity (Wildman–Crippen MR) is 128 cm³/mol. The molecule has 3 aromatic rings. The summed E-state index contributed by atoms with van der Waals surface area (Å²) >= 11 is 6.20. The highest BCUT2D eigenvalue weighted by Crippen LogP contribution is 2.28. The molecule has 3 N–H and O–H groups in total. The molecule has 168 valence electrons. The number of hydrogen-bond acceptors (Lipinski definition) is 3. The Morgan fingerprint density at radius 3 is 2.45 bits per heavy atom. The van der Waals surface area contributed by atoms with Gasteiger partial charge in [-0.15, -0.1) is 0 Å². The molecule has 1 aliphatic rings. The molecule has 0 aromatic heterocycles. The summed E-state index contributed by atoms with van der Waals surface area (Å²) in [6.45, 7) is 0.0940. The number of urea groups is 1. The molecule has 7 nitrogen and oxygen atoms in total. The smallest absolute Gasteiger partial charge is 0.323 e. The second-order valence-electron chi connectivity index (χ2n) is 7.65. The second kappa shape index (κ2) is 10.2. The summed E-state index contributed by atoms with van der Waals surface area (Å²) in [4.78, 5) is 39.7. The van der Waals surface area contributed by atoms with Crippen molar-refractivity contribution in [2.45, 2.75) is 19.0 Å². The summed E-state index contributed by atoms with van der Waals surface area (Å²) < 4.78 is 0. The van der Waals surface area contributed by atoms with Crippen molar-refractivity contribution in [3.05, 3.63) is 95.0 Å². The van der Waals surface area contributed by atoms with E-state index in [1.165, 1.54) is 4.90 Å². The lowest BCUT2D eigenvalue weighted by Crippen LogP contribution is -2.54. The van der Waals surface area contributed by atoms with Crippen LogP contribution in [0.2, 0.25) is 5.02 Å². The first-order chi connectivity index (χ1) is 16.0. The fourth-order valence-corrected chi connectivity index (χ4v) is 3.85. The maximum atomic E-state index is 13.2. The van der Waals surface area contributed by atoms with Crippen molar-refractivity contribution < 1.29 is 14.4 Å². The molecule has 3 aromatic carbocycles. The fraction of sp³-hybridized carbons (Fsp3) is 0.160. The molecule has 8 heteroatoms. The van der Waals surface area contributed by atoms with Gasteiger partial charge in [-0.2, -0.15) is 0 Å². The van der Waals surface area contributed by atoms with Gasteiger partial charge in [-0.3, -0.25) is 14.5 Å². The third-order valence-electron chi connectivity index (χ3n) is 5.32. The first-order valence-corrected chi connectivity index (χ1v) is 10.9. The van der Waals surface area contributed by atoms with Crippen molar-refractivity contribution in [3.63, 3.8) is 0 Å². The van der Waals surface area contributed by atoms with E-state index in [0.717, 1.165) is 11.1 Å². The van der Waals surface area contributed by atoms with E-state index in [4.69, 9.17) is 11.6 Å². The van der Waals surface area contributed by atoms with Crippen LogP contribution in [0.5, 0.6) is 0 Å². The Labute approximate surface area is 196 Å². The number of carbonyl (C=O) groups excluding carboxylic acids is 3. The van der Waals surface area contributed by atoms with Crippen LogP contribution in [0.15, 0.2) is 78.9 Å². The van der Waals surface area contributed by atoms with E-state index in [1.807, 2.05) is 48.5 Å². The average Bonchev–Trinajstić information content (AvgIpc) is 2.83. The van der Waals surface area contributed by atoms with Crippen LogP contribution in [0.1, 0.15) is 11.1 Å². The zero-order chi connectivity index (χ0) is 23.2. The second-order valence-corrected chi connectivity index (χ2v) is 8.06. The number of para-hydroxylation sites is 2. The summed E-state index contributed by atoms with van der Waals surface area (Å²) in [7, 11) is 0. The fourth-order valence-electron chi connectivity index (χ4n) is 3.65. The highest BCUT2D eigenvalue weighted by Gasteiger charge is 2.30. The number of benzene rings is 3. The summed E-state index contributed by atoms with van der Waals surface area (Å²) in [5, 5.41) is 8.97. The van der Waals surface area contributed by atoms with Crippen molar-refractivity contribution in [2.24, 2.45) is 0 Å². The van der Waals surface area contributed by atoms with E-state index < -0.39 is 12.1 Å². The van der Waals surface area contributed by atoms with Crippen LogP contribution >= 0.6 is 11.6 Å². The molecular weight excluding hydrogens is 440 g/mol. The lowest BCUT2D eigenvalue weighted by molar-refractivity contribution is -0.123. The van der Waals surface area contributed by atoms with E-state index in [0.29, 0.717) is 22.8 Å². The van der Waals surface area contributed by atoms with Crippen molar-refractivity contribution in [1.82, 2.24) is 10.6 Å². The number of amides is 4. The average molecular weight is 463 g/mol. The molecule has 4 rings (SSSR count). The highest BCUT2D eigenvalue weighted by molar-refractivity contribution is 6.31. The lowest BCUT2D eigenvalue weighted by Gasteiger charge is -2.30. The molecule has 1 atom stereocenters. The van der Waals surface area contributed by atoms with Crippen LogP contribution in [0.25, 0.3) is 0 Å². The Hall–Kier alpha value is -3.84. The molecule has 0 saturated carbocycles. The molecule has 0 unspecified atom stereocenters. The van der Waals surface area contributed by atoms with E-state index in [9.17, 15) is 14.4 Å². The maximum absolute atomic E-state index is 13.2. The molecule has 0 bridgehead atoms. The van der Waals surface area contributed by atoms with Gasteiger partial charge in [0.15, 0.2) is 0 Å². The van der Waals surface area contributed by atoms with Gasteiger partial charge in [0.2, 0.25) is 11.8 Å². The maximum Gasteiger partial charge on any atom is 0.323 e. The lowest BCUT2D eigenvalue weighted by atomic mass is 10.1. The summed E-state index contributed by atoms with van der Waals surface area (Å²) in [5.74, 6) is -0.645. The third-order valence-corrected chi connectivity index (χ3v) is 5.69. The Balaban J connectivity index is 1.52. The van der Waals surface area contributed by atoms with Crippen molar-refractivity contribution >= 4 is 40.8 Å². The summed E-state index contributed by atoms with van der Waals surface area (Å²) in [6, 6.07) is 22.3. The van der Waals surface area contributed by atoms with Gasteiger partial charge in [-0.25, -0.2) is 4.79 Å². The SMILES string of the molecule is O=C1CN(C(=O)N[C@H](Cc2ccccc2)C(=O)NCc2ccccc2Cl)c2ccccc2N1. The van der Waals surface area contributed by atoms with Crippen LogP contribution in [-0.2, 0) is 22.6 Å². The number of nitrogens with one attached hydrogen (secondary N) is 3. The monoisotopic (exact) mass is 462 g/mol. The highest BCUT2D eigenvalue weighted by atomic mass is 35.5. The zero-order valence-electron chi connectivity index (χ0n) is 17.8. The van der Waals surface area contributed by atoms with Crippen LogP contribution in [0.4, 0.5) is 16.2 Å². The predicted octanol–water partition coefficient (Wildman–Crippen LogP) is 3.74. The normalized spacial score (nSPS) is 13.5. The minimum atomic E-state index is -0.848. The Morgan fingerprint density at radius 2 is 1.67 bits per heavy atom. The summed E-state index contributed by atoms with van der Waals surface area (Å²) in [6.07, 6.45) is 0.294. The molecule has 1 heterocycles. The molecule has 1 aliphatic heterocycles. The molecular formula is C25H23ClN4O3. The van der Waals surface area contributed by atoms with Crippen LogP contribution in [0.3, 0.4) is 0 Å². The Morgan fingerprint density at radius 1 is 0.970 bits per heavy atom. The summed E-state index contributed by atoms with van der Waals surface area (Å²) in [5.41, 5.74) is 2.79. The largest absolute Gasteiger partial charge is 0.350 e. The minimum absolute atomic E-state index is 0.137. The number of hydrogen-bond donors (Lipinski definition) is 3. The number of nitrogens with zero attached hydrogens (tertiary/aromatic N) is 1. The Bertz CT molecular complexity index is 1170. The van der Waals surface area contributed by atoms with E-state index in [1.54, 1.807) is 30.3 Å². The van der Waals surface area contributed by atoms with Crippen LogP contribution < -0.4 is 20.9 Å². The van der Waals surface area contributed by atoms with Gasteiger partial charge in [0.1, 0.15) is 12.6 Å². The number of fused-ring (bicyclic) bond motifs is 1. The third kappa shape index (κ3) is 5.51. The number of anilines is 2. The van der Waals surface area contributed by atoms with Gasteiger partial charge < -0.3 is 16.0 Å². The van der Waals surface area contributed by atoms with Gasteiger partial charge in [-0.1, -0.05) is 72.3 Å². The van der Waals surface area contributed by atoms with Gasteiger partial charge in [0, 0.05) is 18.0 Å². The van der Waals surface area contributed by atoms with Crippen molar-refractivity contribution in [1.29, 1.82) is 0 Å². The number of carbonyl (C=O) groups is 3. The minimum Gasteiger partial charge on any atom is -0.350 e. The molecule has 0 saturated heterocycles.